The fourth-order valence-electron chi connectivity index (χ4n) is 1.40. The topological polar surface area (TPSA) is 104 Å². The largest absolute Gasteiger partial charge is 0.505 e. The van der Waals surface area contributed by atoms with Gasteiger partial charge in [-0.3, -0.25) is 4.72 Å². The van der Waals surface area contributed by atoms with E-state index in [1.54, 1.807) is 0 Å². The first-order chi connectivity index (χ1) is 9.70. The Balaban J connectivity index is 2.35. The van der Waals surface area contributed by atoms with Crippen molar-refractivity contribution >= 4 is 56.2 Å². The number of anilines is 1. The second-order valence-electron chi connectivity index (χ2n) is 3.85. The van der Waals surface area contributed by atoms with E-state index in [1.807, 2.05) is 0 Å². The first kappa shape index (κ1) is 15.9. The molecule has 3 N–H and O–H groups in total. The van der Waals surface area contributed by atoms with E-state index in [-0.39, 0.29) is 31.3 Å². The van der Waals surface area contributed by atoms with E-state index in [4.69, 9.17) is 28.3 Å². The van der Waals surface area contributed by atoms with E-state index in [0.717, 1.165) is 17.4 Å². The van der Waals surface area contributed by atoms with Crippen LogP contribution >= 0.6 is 34.5 Å². The molecule has 0 unspecified atom stereocenters. The summed E-state index contributed by atoms with van der Waals surface area (Å²) in [6.07, 6.45) is 0. The van der Waals surface area contributed by atoms with Gasteiger partial charge in [0, 0.05) is 5.38 Å². The fourth-order valence-corrected chi connectivity index (χ4v) is 4.08. The zero-order valence-electron chi connectivity index (χ0n) is 10.0. The zero-order chi connectivity index (χ0) is 15.8. The van der Waals surface area contributed by atoms with Gasteiger partial charge in [-0.25, -0.2) is 13.2 Å². The van der Waals surface area contributed by atoms with E-state index in [9.17, 15) is 18.3 Å². The van der Waals surface area contributed by atoms with Crippen molar-refractivity contribution in [3.8, 4) is 5.75 Å². The number of phenols is 1. The highest BCUT2D eigenvalue weighted by Gasteiger charge is 2.20. The number of benzene rings is 1. The van der Waals surface area contributed by atoms with Crippen molar-refractivity contribution < 1.29 is 23.4 Å². The highest BCUT2D eigenvalue weighted by atomic mass is 35.5. The summed E-state index contributed by atoms with van der Waals surface area (Å²) in [6.45, 7) is 0. The third kappa shape index (κ3) is 3.41. The van der Waals surface area contributed by atoms with Crippen molar-refractivity contribution in [3.63, 3.8) is 0 Å². The Kier molecular flexibility index (Phi) is 4.33. The Bertz CT molecular complexity index is 793. The predicted octanol–water partition coefficient (Wildman–Crippen LogP) is 3.26. The van der Waals surface area contributed by atoms with Gasteiger partial charge in [-0.05, 0) is 18.2 Å². The van der Waals surface area contributed by atoms with Gasteiger partial charge in [-0.2, -0.15) is 0 Å². The number of aromatic hydroxyl groups is 1. The van der Waals surface area contributed by atoms with Crippen LogP contribution in [0, 0.1) is 0 Å². The van der Waals surface area contributed by atoms with Crippen molar-refractivity contribution in [2.75, 3.05) is 4.72 Å². The summed E-state index contributed by atoms with van der Waals surface area (Å²) in [4.78, 5) is 10.8. The molecule has 0 amide bonds. The summed E-state index contributed by atoms with van der Waals surface area (Å²) in [5, 5.41) is 19.2. The lowest BCUT2D eigenvalue weighted by molar-refractivity contribution is 0.0697. The summed E-state index contributed by atoms with van der Waals surface area (Å²) < 4.78 is 26.2. The molecular formula is C11H7Cl2NO5S2. The van der Waals surface area contributed by atoms with Crippen LogP contribution in [0.5, 0.6) is 5.75 Å². The normalized spacial score (nSPS) is 11.3. The second kappa shape index (κ2) is 5.72. The van der Waals surface area contributed by atoms with Gasteiger partial charge in [0.1, 0.15) is 4.21 Å². The van der Waals surface area contributed by atoms with Crippen LogP contribution in [0.2, 0.25) is 10.0 Å². The minimum absolute atomic E-state index is 0.0491. The Hall–Kier alpha value is -1.48. The van der Waals surface area contributed by atoms with E-state index in [0.29, 0.717) is 0 Å². The summed E-state index contributed by atoms with van der Waals surface area (Å²) in [5.41, 5.74) is -0.0739. The number of carboxylic acid groups (broad SMARTS) is 1. The van der Waals surface area contributed by atoms with E-state index in [2.05, 4.69) is 4.72 Å². The fraction of sp³-hybridized carbons (Fsp3) is 0. The van der Waals surface area contributed by atoms with Gasteiger partial charge in [0.25, 0.3) is 10.0 Å². The SMILES string of the molecule is O=C(O)c1csc(S(=O)(=O)Nc2cc(Cl)c(O)c(Cl)c2)c1. The zero-order valence-corrected chi connectivity index (χ0v) is 13.1. The van der Waals surface area contributed by atoms with Crippen molar-refractivity contribution in [1.29, 1.82) is 0 Å². The number of rotatable bonds is 4. The number of hydrogen-bond acceptors (Lipinski definition) is 5. The molecule has 6 nitrogen and oxygen atoms in total. The van der Waals surface area contributed by atoms with Crippen molar-refractivity contribution in [2.45, 2.75) is 4.21 Å². The molecule has 1 aromatic carbocycles. The number of carboxylic acids is 1. The maximum atomic E-state index is 12.1. The van der Waals surface area contributed by atoms with Gasteiger partial charge in [0.05, 0.1) is 21.3 Å². The quantitative estimate of drug-likeness (QED) is 0.719. The summed E-state index contributed by atoms with van der Waals surface area (Å²) in [6, 6.07) is 3.41. The number of nitrogens with one attached hydrogen (secondary N) is 1. The third-order valence-electron chi connectivity index (χ3n) is 2.36. The minimum atomic E-state index is -3.97. The number of halogens is 2. The van der Waals surface area contributed by atoms with Crippen LogP contribution in [0.25, 0.3) is 0 Å². The average Bonchev–Trinajstić information content (AvgIpc) is 2.85. The summed E-state index contributed by atoms with van der Waals surface area (Å²) >= 11 is 12.2. The third-order valence-corrected chi connectivity index (χ3v) is 5.75. The molecule has 0 fully saturated rings. The van der Waals surface area contributed by atoms with Gasteiger partial charge < -0.3 is 10.2 Å². The summed E-state index contributed by atoms with van der Waals surface area (Å²) in [5.74, 6) is -1.58. The lowest BCUT2D eigenvalue weighted by atomic mass is 10.3. The summed E-state index contributed by atoms with van der Waals surface area (Å²) in [7, 11) is -3.97. The first-order valence-corrected chi connectivity index (χ1v) is 8.35. The van der Waals surface area contributed by atoms with Crippen LogP contribution < -0.4 is 4.72 Å². The van der Waals surface area contributed by atoms with Crippen LogP contribution in [-0.4, -0.2) is 24.6 Å². The molecule has 0 spiro atoms. The lowest BCUT2D eigenvalue weighted by Gasteiger charge is -2.08. The van der Waals surface area contributed by atoms with Gasteiger partial charge in [-0.15, -0.1) is 11.3 Å². The molecule has 0 atom stereocenters. The molecule has 2 aromatic rings. The predicted molar refractivity (Wildman–Crippen MR) is 80.2 cm³/mol. The minimum Gasteiger partial charge on any atom is -0.505 e. The highest BCUT2D eigenvalue weighted by molar-refractivity contribution is 7.94. The molecule has 21 heavy (non-hydrogen) atoms. The number of thiophene rings is 1. The molecule has 0 saturated heterocycles. The number of hydrogen-bond donors (Lipinski definition) is 3. The number of phenolic OH excluding ortho intramolecular Hbond substituents is 1. The van der Waals surface area contributed by atoms with E-state index in [1.165, 1.54) is 17.5 Å². The Morgan fingerprint density at radius 2 is 1.76 bits per heavy atom. The second-order valence-corrected chi connectivity index (χ2v) is 7.49. The molecule has 0 radical (unpaired) electrons. The van der Waals surface area contributed by atoms with E-state index >= 15 is 0 Å². The molecule has 0 saturated carbocycles. The molecule has 2 rings (SSSR count). The van der Waals surface area contributed by atoms with Gasteiger partial charge in [0.2, 0.25) is 0 Å². The van der Waals surface area contributed by atoms with Gasteiger partial charge in [0.15, 0.2) is 5.75 Å². The van der Waals surface area contributed by atoms with E-state index < -0.39 is 16.0 Å². The lowest BCUT2D eigenvalue weighted by Crippen LogP contribution is -2.11. The molecule has 1 heterocycles. The average molecular weight is 368 g/mol. The van der Waals surface area contributed by atoms with Crippen LogP contribution in [0.1, 0.15) is 10.4 Å². The van der Waals surface area contributed by atoms with Crippen molar-refractivity contribution in [1.82, 2.24) is 0 Å². The van der Waals surface area contributed by atoms with Crippen LogP contribution in [0.4, 0.5) is 5.69 Å². The number of carbonyl (C=O) groups is 1. The Morgan fingerprint density at radius 3 is 2.24 bits per heavy atom. The molecule has 0 aliphatic carbocycles. The maximum absolute atomic E-state index is 12.1. The number of sulfonamides is 1. The van der Waals surface area contributed by atoms with Crippen LogP contribution in [0.15, 0.2) is 27.8 Å². The van der Waals surface area contributed by atoms with Gasteiger partial charge >= 0.3 is 5.97 Å². The molecule has 10 heteroatoms. The molecular weight excluding hydrogens is 361 g/mol. The van der Waals surface area contributed by atoms with Gasteiger partial charge in [-0.1, -0.05) is 23.2 Å². The smallest absolute Gasteiger partial charge is 0.336 e. The molecule has 0 aliphatic heterocycles. The monoisotopic (exact) mass is 367 g/mol. The number of aromatic carboxylic acids is 1. The molecule has 0 bridgehead atoms. The van der Waals surface area contributed by atoms with Crippen molar-refractivity contribution in [3.05, 3.63) is 39.2 Å². The standard InChI is InChI=1S/C11H7Cl2NO5S2/c12-7-2-6(3-8(13)10(7)15)14-21(18,19)9-1-5(4-20-9)11(16)17/h1-4,14-15H,(H,16,17). The Labute approximate surface area is 133 Å². The van der Waals surface area contributed by atoms with Crippen molar-refractivity contribution in [2.24, 2.45) is 0 Å². The van der Waals surface area contributed by atoms with Crippen LogP contribution in [0.3, 0.4) is 0 Å². The Morgan fingerprint density at radius 1 is 1.19 bits per heavy atom. The van der Waals surface area contributed by atoms with Crippen LogP contribution in [-0.2, 0) is 10.0 Å². The highest BCUT2D eigenvalue weighted by Crippen LogP contribution is 2.35. The molecule has 112 valence electrons. The molecule has 0 aliphatic rings. The maximum Gasteiger partial charge on any atom is 0.336 e. The first-order valence-electron chi connectivity index (χ1n) is 5.23. The molecule has 1 aromatic heterocycles.